The summed E-state index contributed by atoms with van der Waals surface area (Å²) in [6.45, 7) is 0.875. The third-order valence-electron chi connectivity index (χ3n) is 3.85. The van der Waals surface area contributed by atoms with Crippen LogP contribution in [-0.2, 0) is 4.74 Å². The van der Waals surface area contributed by atoms with Crippen molar-refractivity contribution >= 4 is 5.78 Å². The summed E-state index contributed by atoms with van der Waals surface area (Å²) in [5.74, 6) is 0.114. The van der Waals surface area contributed by atoms with Crippen LogP contribution in [0.5, 0.6) is 0 Å². The fourth-order valence-electron chi connectivity index (χ4n) is 2.69. The maximum atomic E-state index is 12.1. The second-order valence-corrected chi connectivity index (χ2v) is 5.43. The zero-order valence-corrected chi connectivity index (χ0v) is 12.1. The van der Waals surface area contributed by atoms with E-state index < -0.39 is 0 Å². The highest BCUT2D eigenvalue weighted by molar-refractivity contribution is 5.94. The van der Waals surface area contributed by atoms with Gasteiger partial charge in [-0.15, -0.1) is 0 Å². The number of hydrogen-bond acceptors (Lipinski definition) is 3. The maximum absolute atomic E-state index is 12.1. The Bertz CT molecular complexity index is 586. The van der Waals surface area contributed by atoms with Crippen LogP contribution in [0.3, 0.4) is 0 Å². The number of nitrogens with zero attached hydrogens (tertiary/aromatic N) is 2. The molecule has 21 heavy (non-hydrogen) atoms. The van der Waals surface area contributed by atoms with Crippen molar-refractivity contribution in [3.8, 4) is 5.69 Å². The predicted molar refractivity (Wildman–Crippen MR) is 80.7 cm³/mol. The Balaban J connectivity index is 1.54. The van der Waals surface area contributed by atoms with Crippen molar-refractivity contribution in [2.45, 2.75) is 38.2 Å². The molecule has 1 atom stereocenters. The fourth-order valence-corrected chi connectivity index (χ4v) is 2.69. The van der Waals surface area contributed by atoms with Gasteiger partial charge in [0.15, 0.2) is 5.78 Å². The number of carbonyl (C=O) groups is 1. The maximum Gasteiger partial charge on any atom is 0.183 e. The van der Waals surface area contributed by atoms with Crippen molar-refractivity contribution in [2.75, 3.05) is 6.61 Å². The average molecular weight is 284 g/mol. The number of para-hydroxylation sites is 1. The van der Waals surface area contributed by atoms with Gasteiger partial charge in [-0.25, -0.2) is 4.68 Å². The molecule has 0 saturated carbocycles. The van der Waals surface area contributed by atoms with Crippen LogP contribution in [-0.4, -0.2) is 28.3 Å². The van der Waals surface area contributed by atoms with Crippen LogP contribution in [0.15, 0.2) is 42.6 Å². The Morgan fingerprint density at radius 3 is 2.90 bits per heavy atom. The van der Waals surface area contributed by atoms with Gasteiger partial charge >= 0.3 is 0 Å². The molecule has 1 aromatic carbocycles. The smallest absolute Gasteiger partial charge is 0.183 e. The van der Waals surface area contributed by atoms with E-state index in [-0.39, 0.29) is 5.78 Å². The average Bonchev–Trinajstić information content (AvgIpc) is 3.20. The summed E-state index contributed by atoms with van der Waals surface area (Å²) < 4.78 is 7.31. The van der Waals surface area contributed by atoms with Crippen LogP contribution < -0.4 is 0 Å². The van der Waals surface area contributed by atoms with Crippen molar-refractivity contribution in [3.63, 3.8) is 0 Å². The Morgan fingerprint density at radius 1 is 1.29 bits per heavy atom. The lowest BCUT2D eigenvalue weighted by molar-refractivity contribution is 0.0919. The number of ether oxygens (including phenoxy) is 1. The SMILES string of the molecule is O=C(CCCC1CCCO1)c1ccn(-c2ccccc2)n1. The van der Waals surface area contributed by atoms with Gasteiger partial charge in [0, 0.05) is 19.2 Å². The van der Waals surface area contributed by atoms with E-state index in [0.717, 1.165) is 38.0 Å². The Hall–Kier alpha value is -1.94. The number of rotatable bonds is 6. The first-order valence-electron chi connectivity index (χ1n) is 7.59. The molecule has 0 amide bonds. The van der Waals surface area contributed by atoms with Gasteiger partial charge < -0.3 is 4.74 Å². The molecule has 1 unspecified atom stereocenters. The third kappa shape index (κ3) is 3.58. The van der Waals surface area contributed by atoms with E-state index in [9.17, 15) is 4.79 Å². The van der Waals surface area contributed by atoms with Crippen LogP contribution in [0.2, 0.25) is 0 Å². The van der Waals surface area contributed by atoms with Gasteiger partial charge in [-0.2, -0.15) is 5.10 Å². The van der Waals surface area contributed by atoms with Crippen LogP contribution in [0.1, 0.15) is 42.6 Å². The summed E-state index contributed by atoms with van der Waals surface area (Å²) in [6.07, 6.45) is 6.89. The molecule has 110 valence electrons. The summed E-state index contributed by atoms with van der Waals surface area (Å²) in [6, 6.07) is 11.6. The van der Waals surface area contributed by atoms with Crippen LogP contribution in [0.4, 0.5) is 0 Å². The monoisotopic (exact) mass is 284 g/mol. The quantitative estimate of drug-likeness (QED) is 0.764. The highest BCUT2D eigenvalue weighted by Gasteiger charge is 2.16. The molecule has 1 aliphatic heterocycles. The van der Waals surface area contributed by atoms with Crippen molar-refractivity contribution in [1.29, 1.82) is 0 Å². The summed E-state index contributed by atoms with van der Waals surface area (Å²) in [7, 11) is 0. The Kier molecular flexibility index (Phi) is 4.46. The first-order chi connectivity index (χ1) is 10.3. The molecule has 0 radical (unpaired) electrons. The molecule has 1 aliphatic rings. The summed E-state index contributed by atoms with van der Waals surface area (Å²) >= 11 is 0. The van der Waals surface area contributed by atoms with Gasteiger partial charge in [-0.05, 0) is 43.9 Å². The van der Waals surface area contributed by atoms with E-state index in [1.807, 2.05) is 36.5 Å². The molecule has 1 saturated heterocycles. The molecule has 1 aromatic heterocycles. The van der Waals surface area contributed by atoms with E-state index in [0.29, 0.717) is 18.2 Å². The topological polar surface area (TPSA) is 44.1 Å². The number of ketones is 1. The van der Waals surface area contributed by atoms with E-state index >= 15 is 0 Å². The van der Waals surface area contributed by atoms with E-state index in [1.165, 1.54) is 0 Å². The van der Waals surface area contributed by atoms with Crippen molar-refractivity contribution < 1.29 is 9.53 Å². The molecule has 4 heteroatoms. The second kappa shape index (κ2) is 6.68. The molecule has 2 heterocycles. The van der Waals surface area contributed by atoms with Crippen molar-refractivity contribution in [3.05, 3.63) is 48.3 Å². The minimum absolute atomic E-state index is 0.114. The lowest BCUT2D eigenvalue weighted by Gasteiger charge is -2.07. The van der Waals surface area contributed by atoms with Gasteiger partial charge in [0.2, 0.25) is 0 Å². The molecule has 0 bridgehead atoms. The van der Waals surface area contributed by atoms with Crippen LogP contribution >= 0.6 is 0 Å². The van der Waals surface area contributed by atoms with Crippen LogP contribution in [0, 0.1) is 0 Å². The zero-order chi connectivity index (χ0) is 14.5. The van der Waals surface area contributed by atoms with Gasteiger partial charge in [0.1, 0.15) is 5.69 Å². The summed E-state index contributed by atoms with van der Waals surface area (Å²) in [5, 5.41) is 4.37. The standard InChI is InChI=1S/C17H20N2O2/c20-17(10-4-8-15-9-5-13-21-15)16-11-12-19(18-16)14-6-2-1-3-7-14/h1-3,6-7,11-12,15H,4-5,8-10,13H2. The number of carbonyl (C=O) groups excluding carboxylic acids is 1. The molecule has 3 rings (SSSR count). The zero-order valence-electron chi connectivity index (χ0n) is 12.1. The van der Waals surface area contributed by atoms with Gasteiger partial charge in [-0.3, -0.25) is 4.79 Å². The molecule has 4 nitrogen and oxygen atoms in total. The number of aromatic nitrogens is 2. The number of Topliss-reactive ketones (excluding diaryl/α,β-unsaturated/α-hetero) is 1. The van der Waals surface area contributed by atoms with Gasteiger partial charge in [-0.1, -0.05) is 18.2 Å². The minimum atomic E-state index is 0.114. The number of benzene rings is 1. The lowest BCUT2D eigenvalue weighted by Crippen LogP contribution is -2.07. The highest BCUT2D eigenvalue weighted by atomic mass is 16.5. The molecule has 1 fully saturated rings. The van der Waals surface area contributed by atoms with E-state index in [1.54, 1.807) is 10.7 Å². The molecular formula is C17H20N2O2. The second-order valence-electron chi connectivity index (χ2n) is 5.43. The first kappa shape index (κ1) is 14.0. The summed E-state index contributed by atoms with van der Waals surface area (Å²) in [4.78, 5) is 12.1. The van der Waals surface area contributed by atoms with Crippen molar-refractivity contribution in [1.82, 2.24) is 9.78 Å². The van der Waals surface area contributed by atoms with Gasteiger partial charge in [0.25, 0.3) is 0 Å². The normalized spacial score (nSPS) is 18.0. The fraction of sp³-hybridized carbons (Fsp3) is 0.412. The number of hydrogen-bond donors (Lipinski definition) is 0. The van der Waals surface area contributed by atoms with Crippen molar-refractivity contribution in [2.24, 2.45) is 0 Å². The predicted octanol–water partition coefficient (Wildman–Crippen LogP) is 3.40. The molecule has 2 aromatic rings. The third-order valence-corrected chi connectivity index (χ3v) is 3.85. The highest BCUT2D eigenvalue weighted by Crippen LogP contribution is 2.18. The summed E-state index contributed by atoms with van der Waals surface area (Å²) in [5.41, 5.74) is 1.52. The van der Waals surface area contributed by atoms with E-state index in [2.05, 4.69) is 5.10 Å². The van der Waals surface area contributed by atoms with Crippen LogP contribution in [0.25, 0.3) is 5.69 Å². The first-order valence-corrected chi connectivity index (χ1v) is 7.59. The largest absolute Gasteiger partial charge is 0.378 e. The molecule has 0 spiro atoms. The molecule has 0 aliphatic carbocycles. The lowest BCUT2D eigenvalue weighted by atomic mass is 10.1. The van der Waals surface area contributed by atoms with Gasteiger partial charge in [0.05, 0.1) is 11.8 Å². The molecule has 0 N–H and O–H groups in total. The molecular weight excluding hydrogens is 264 g/mol. The van der Waals surface area contributed by atoms with E-state index in [4.69, 9.17) is 4.74 Å². The Labute approximate surface area is 124 Å². The minimum Gasteiger partial charge on any atom is -0.378 e. The Morgan fingerprint density at radius 2 is 2.14 bits per heavy atom.